The number of carbonyl (C=O) groups is 2. The van der Waals surface area contributed by atoms with Crippen LogP contribution in [0.1, 0.15) is 73.0 Å². The molecule has 3 aliphatic rings. The molecule has 11 heteroatoms. The lowest BCUT2D eigenvalue weighted by molar-refractivity contribution is -0.172. The minimum absolute atomic E-state index is 0.0264. The minimum Gasteiger partial charge on any atom is -0.458 e. The summed E-state index contributed by atoms with van der Waals surface area (Å²) in [6, 6.07) is 2.60. The molecule has 42 heavy (non-hydrogen) atoms. The highest BCUT2D eigenvalue weighted by Crippen LogP contribution is 2.45. The number of fused-ring (bicyclic) bond motifs is 5. The van der Waals surface area contributed by atoms with Gasteiger partial charge in [0.05, 0.1) is 54.4 Å². The molecule has 6 rings (SSSR count). The average molecular weight is 580 g/mol. The van der Waals surface area contributed by atoms with Crippen LogP contribution in [0.3, 0.4) is 0 Å². The molecule has 2 N–H and O–H groups in total. The standard InChI is InChI=1S/C31H34FN3O7/c1-5-31(39)20-10-24-28-18(12-35(24)29(37)19(20)13-42-30(31)38)27-22(33-25(36)14-40-8-9-41-15(2)3)7-6-17-16(4)21(32)11-23(34-28)26(17)27/h10-11,15,22,39H,5-9,12-14H2,1-4H3,(H,33,36)/t22-,31-/m0/s1. The zero-order valence-electron chi connectivity index (χ0n) is 24.1. The van der Waals surface area contributed by atoms with Gasteiger partial charge in [0.1, 0.15) is 19.0 Å². The van der Waals surface area contributed by atoms with E-state index in [-0.39, 0.29) is 67.3 Å². The molecular formula is C31H34FN3O7. The lowest BCUT2D eigenvalue weighted by Crippen LogP contribution is -2.44. The predicted molar refractivity (Wildman–Crippen MR) is 150 cm³/mol. The number of cyclic esters (lactones) is 1. The van der Waals surface area contributed by atoms with Crippen molar-refractivity contribution in [3.8, 4) is 11.4 Å². The summed E-state index contributed by atoms with van der Waals surface area (Å²) in [4.78, 5) is 44.1. The molecule has 0 spiro atoms. The minimum atomic E-state index is -1.96. The Morgan fingerprint density at radius 1 is 1.26 bits per heavy atom. The summed E-state index contributed by atoms with van der Waals surface area (Å²) in [5.41, 5.74) is 2.34. The first-order valence-electron chi connectivity index (χ1n) is 14.4. The predicted octanol–water partition coefficient (Wildman–Crippen LogP) is 3.07. The monoisotopic (exact) mass is 579 g/mol. The third kappa shape index (κ3) is 4.42. The first kappa shape index (κ1) is 28.4. The van der Waals surface area contributed by atoms with Crippen molar-refractivity contribution in [3.63, 3.8) is 0 Å². The van der Waals surface area contributed by atoms with Crippen molar-refractivity contribution in [1.29, 1.82) is 0 Å². The molecule has 0 unspecified atom stereocenters. The summed E-state index contributed by atoms with van der Waals surface area (Å²) in [6.45, 7) is 7.71. The molecule has 2 atom stereocenters. The van der Waals surface area contributed by atoms with Crippen molar-refractivity contribution in [2.45, 2.75) is 77.9 Å². The van der Waals surface area contributed by atoms with Gasteiger partial charge in [0.15, 0.2) is 5.60 Å². The highest BCUT2D eigenvalue weighted by atomic mass is 19.1. The first-order valence-corrected chi connectivity index (χ1v) is 14.4. The molecule has 222 valence electrons. The Morgan fingerprint density at radius 3 is 2.79 bits per heavy atom. The maximum atomic E-state index is 15.1. The van der Waals surface area contributed by atoms with Crippen LogP contribution in [0.15, 0.2) is 16.9 Å². The Labute approximate surface area is 241 Å². The van der Waals surface area contributed by atoms with Gasteiger partial charge in [-0.3, -0.25) is 9.59 Å². The van der Waals surface area contributed by atoms with E-state index in [1.54, 1.807) is 24.5 Å². The molecule has 10 nitrogen and oxygen atoms in total. The maximum absolute atomic E-state index is 15.1. The summed E-state index contributed by atoms with van der Waals surface area (Å²) in [5, 5.41) is 15.1. The van der Waals surface area contributed by atoms with E-state index >= 15 is 4.39 Å². The molecule has 2 aliphatic heterocycles. The van der Waals surface area contributed by atoms with Crippen molar-refractivity contribution in [2.75, 3.05) is 19.8 Å². The second kappa shape index (κ2) is 10.6. The molecule has 0 radical (unpaired) electrons. The smallest absolute Gasteiger partial charge is 0.343 e. The van der Waals surface area contributed by atoms with Crippen molar-refractivity contribution in [3.05, 3.63) is 61.7 Å². The third-order valence-corrected chi connectivity index (χ3v) is 8.63. The van der Waals surface area contributed by atoms with Gasteiger partial charge in [-0.25, -0.2) is 14.2 Å². The van der Waals surface area contributed by atoms with Gasteiger partial charge in [-0.1, -0.05) is 6.92 Å². The van der Waals surface area contributed by atoms with Gasteiger partial charge >= 0.3 is 5.97 Å². The Hall–Kier alpha value is -3.67. The van der Waals surface area contributed by atoms with E-state index in [1.807, 2.05) is 13.8 Å². The average Bonchev–Trinajstić information content (AvgIpc) is 3.32. The van der Waals surface area contributed by atoms with Crippen LogP contribution in [0.5, 0.6) is 0 Å². The summed E-state index contributed by atoms with van der Waals surface area (Å²) < 4.78 is 32.8. The Morgan fingerprint density at radius 2 is 2.05 bits per heavy atom. The number of aryl methyl sites for hydroxylation is 1. The van der Waals surface area contributed by atoms with E-state index in [4.69, 9.17) is 19.2 Å². The number of carbonyl (C=O) groups excluding carboxylic acids is 2. The molecule has 1 amide bonds. The molecule has 3 aromatic rings. The summed E-state index contributed by atoms with van der Waals surface area (Å²) in [6.07, 6.45) is 1.18. The Kier molecular flexibility index (Phi) is 7.15. The molecule has 1 aromatic carbocycles. The largest absolute Gasteiger partial charge is 0.458 e. The van der Waals surface area contributed by atoms with Gasteiger partial charge < -0.3 is 29.2 Å². The van der Waals surface area contributed by atoms with Crippen LogP contribution in [0.4, 0.5) is 4.39 Å². The van der Waals surface area contributed by atoms with Crippen molar-refractivity contribution in [1.82, 2.24) is 14.9 Å². The van der Waals surface area contributed by atoms with Gasteiger partial charge in [0, 0.05) is 22.6 Å². The van der Waals surface area contributed by atoms with Crippen LogP contribution in [0.2, 0.25) is 0 Å². The van der Waals surface area contributed by atoms with E-state index in [2.05, 4.69) is 5.32 Å². The van der Waals surface area contributed by atoms with Crippen molar-refractivity contribution >= 4 is 22.8 Å². The number of nitrogens with zero attached hydrogens (tertiary/aromatic N) is 2. The number of aliphatic hydroxyl groups is 1. The van der Waals surface area contributed by atoms with Gasteiger partial charge in [-0.05, 0) is 62.8 Å². The number of ether oxygens (including phenoxy) is 3. The number of amides is 1. The van der Waals surface area contributed by atoms with Crippen LogP contribution in [0.25, 0.3) is 22.3 Å². The zero-order valence-corrected chi connectivity index (χ0v) is 24.1. The number of hydrogen-bond acceptors (Lipinski definition) is 8. The van der Waals surface area contributed by atoms with Crippen LogP contribution in [-0.2, 0) is 49.0 Å². The molecule has 4 heterocycles. The summed E-state index contributed by atoms with van der Waals surface area (Å²) in [5.74, 6) is -1.47. The molecule has 0 bridgehead atoms. The Balaban J connectivity index is 1.44. The topological polar surface area (TPSA) is 129 Å². The van der Waals surface area contributed by atoms with Gasteiger partial charge in [-0.15, -0.1) is 0 Å². The van der Waals surface area contributed by atoms with Crippen LogP contribution in [-0.4, -0.2) is 52.5 Å². The van der Waals surface area contributed by atoms with Gasteiger partial charge in [-0.2, -0.15) is 0 Å². The van der Waals surface area contributed by atoms with E-state index < -0.39 is 17.6 Å². The van der Waals surface area contributed by atoms with Crippen molar-refractivity contribution < 1.29 is 33.3 Å². The summed E-state index contributed by atoms with van der Waals surface area (Å²) >= 11 is 0. The molecule has 0 fully saturated rings. The maximum Gasteiger partial charge on any atom is 0.343 e. The molecule has 1 aliphatic carbocycles. The highest BCUT2D eigenvalue weighted by molar-refractivity contribution is 5.94. The molecule has 0 saturated heterocycles. The van der Waals surface area contributed by atoms with Crippen LogP contribution >= 0.6 is 0 Å². The fourth-order valence-electron chi connectivity index (χ4n) is 6.44. The van der Waals surface area contributed by atoms with E-state index in [9.17, 15) is 19.5 Å². The summed E-state index contributed by atoms with van der Waals surface area (Å²) in [7, 11) is 0. The number of hydrogen-bond donors (Lipinski definition) is 2. The fourth-order valence-corrected chi connectivity index (χ4v) is 6.44. The third-order valence-electron chi connectivity index (χ3n) is 8.63. The first-order chi connectivity index (χ1) is 20.0. The molecular weight excluding hydrogens is 545 g/mol. The number of rotatable bonds is 8. The van der Waals surface area contributed by atoms with E-state index in [0.717, 1.165) is 22.1 Å². The SMILES string of the molecule is CC[C@@]1(O)C(=O)OCc2c1cc1n(c2=O)Cc2c-1nc1cc(F)c(C)c3c1c2[C@@H](NC(=O)COCCOC(C)C)CC3. The quantitative estimate of drug-likeness (QED) is 0.241. The number of esters is 1. The fraction of sp³-hybridized carbons (Fsp3) is 0.484. The number of nitrogens with one attached hydrogen (secondary N) is 1. The molecule has 0 saturated carbocycles. The second-order valence-electron chi connectivity index (χ2n) is 11.4. The van der Waals surface area contributed by atoms with Crippen LogP contribution in [0, 0.1) is 12.7 Å². The van der Waals surface area contributed by atoms with E-state index in [0.29, 0.717) is 41.9 Å². The van der Waals surface area contributed by atoms with Gasteiger partial charge in [0.25, 0.3) is 5.56 Å². The van der Waals surface area contributed by atoms with E-state index in [1.165, 1.54) is 6.07 Å². The lowest BCUT2D eigenvalue weighted by atomic mass is 9.81. The van der Waals surface area contributed by atoms with Gasteiger partial charge in [0.2, 0.25) is 5.91 Å². The van der Waals surface area contributed by atoms with Crippen molar-refractivity contribution in [2.24, 2.45) is 0 Å². The number of halogens is 1. The number of pyridine rings is 2. The number of benzene rings is 1. The highest BCUT2D eigenvalue weighted by Gasteiger charge is 2.46. The normalized spacial score (nSPS) is 20.4. The Bertz CT molecular complexity index is 1700. The zero-order chi connectivity index (χ0) is 29.9. The second-order valence-corrected chi connectivity index (χ2v) is 11.4. The lowest BCUT2D eigenvalue weighted by Gasteiger charge is -2.31. The molecule has 2 aromatic heterocycles. The van der Waals surface area contributed by atoms with Crippen LogP contribution < -0.4 is 10.9 Å². The number of aromatic nitrogens is 2.